The number of rotatable bonds is 4. The zero-order chi connectivity index (χ0) is 14.7. The van der Waals surface area contributed by atoms with Crippen LogP contribution in [0, 0.1) is 5.92 Å². The summed E-state index contributed by atoms with van der Waals surface area (Å²) in [5.41, 5.74) is 2.52. The first-order valence-electron chi connectivity index (χ1n) is 7.70. The molecular formula is C16H23N3O2. The molecule has 2 heterocycles. The minimum atomic E-state index is -0.694. The van der Waals surface area contributed by atoms with E-state index in [1.807, 2.05) is 0 Å². The third-order valence-corrected chi connectivity index (χ3v) is 4.48. The SMILES string of the molecule is O=C(O)C1CNC(c2ccc(CN3CCNCC3)cc2)C1. The molecule has 2 aliphatic rings. The van der Waals surface area contributed by atoms with Crippen LogP contribution in [0.4, 0.5) is 0 Å². The first-order valence-corrected chi connectivity index (χ1v) is 7.70. The molecule has 0 amide bonds. The highest BCUT2D eigenvalue weighted by Crippen LogP contribution is 2.27. The first kappa shape index (κ1) is 14.5. The molecule has 0 spiro atoms. The summed E-state index contributed by atoms with van der Waals surface area (Å²) in [5.74, 6) is -0.948. The number of benzene rings is 1. The average molecular weight is 289 g/mol. The minimum absolute atomic E-state index is 0.180. The Hall–Kier alpha value is -1.43. The van der Waals surface area contributed by atoms with E-state index in [0.29, 0.717) is 13.0 Å². The normalized spacial score (nSPS) is 26.9. The molecule has 3 N–H and O–H groups in total. The van der Waals surface area contributed by atoms with Gasteiger partial charge in [-0.2, -0.15) is 0 Å². The number of nitrogens with zero attached hydrogens (tertiary/aromatic N) is 1. The van der Waals surface area contributed by atoms with Gasteiger partial charge in [-0.15, -0.1) is 0 Å². The van der Waals surface area contributed by atoms with Crippen LogP contribution in [-0.4, -0.2) is 48.7 Å². The van der Waals surface area contributed by atoms with Crippen LogP contribution < -0.4 is 10.6 Å². The third-order valence-electron chi connectivity index (χ3n) is 4.48. The molecule has 2 fully saturated rings. The lowest BCUT2D eigenvalue weighted by molar-refractivity contribution is -0.141. The lowest BCUT2D eigenvalue weighted by atomic mass is 9.99. The number of carboxylic acids is 1. The molecule has 0 aliphatic carbocycles. The third kappa shape index (κ3) is 3.61. The summed E-state index contributed by atoms with van der Waals surface area (Å²) in [6.45, 7) is 5.92. The van der Waals surface area contributed by atoms with Gasteiger partial charge in [-0.3, -0.25) is 9.69 Å². The molecule has 2 aliphatic heterocycles. The second kappa shape index (κ2) is 6.56. The van der Waals surface area contributed by atoms with Crippen LogP contribution in [0.1, 0.15) is 23.6 Å². The molecule has 0 aromatic heterocycles. The van der Waals surface area contributed by atoms with Crippen molar-refractivity contribution < 1.29 is 9.90 Å². The van der Waals surface area contributed by atoms with Crippen molar-refractivity contribution in [1.82, 2.24) is 15.5 Å². The highest BCUT2D eigenvalue weighted by atomic mass is 16.4. The maximum Gasteiger partial charge on any atom is 0.307 e. The molecule has 114 valence electrons. The predicted molar refractivity (Wildman–Crippen MR) is 81.1 cm³/mol. The molecule has 0 saturated carbocycles. The summed E-state index contributed by atoms with van der Waals surface area (Å²) in [5, 5.41) is 15.7. The van der Waals surface area contributed by atoms with E-state index in [1.165, 1.54) is 11.1 Å². The van der Waals surface area contributed by atoms with Gasteiger partial charge in [0.25, 0.3) is 0 Å². The number of aliphatic carboxylic acids is 1. The Bertz CT molecular complexity index is 483. The second-order valence-corrected chi connectivity index (χ2v) is 6.00. The van der Waals surface area contributed by atoms with Crippen LogP contribution in [0.15, 0.2) is 24.3 Å². The summed E-state index contributed by atoms with van der Waals surface area (Å²) >= 11 is 0. The molecule has 2 unspecified atom stereocenters. The second-order valence-electron chi connectivity index (χ2n) is 6.00. The monoisotopic (exact) mass is 289 g/mol. The van der Waals surface area contributed by atoms with Crippen LogP contribution in [0.2, 0.25) is 0 Å². The van der Waals surface area contributed by atoms with Gasteiger partial charge >= 0.3 is 5.97 Å². The van der Waals surface area contributed by atoms with Crippen LogP contribution >= 0.6 is 0 Å². The summed E-state index contributed by atoms with van der Waals surface area (Å²) in [7, 11) is 0. The van der Waals surface area contributed by atoms with Crippen molar-refractivity contribution in [2.75, 3.05) is 32.7 Å². The number of hydrogen-bond donors (Lipinski definition) is 3. The van der Waals surface area contributed by atoms with Crippen molar-refractivity contribution in [1.29, 1.82) is 0 Å². The van der Waals surface area contributed by atoms with Gasteiger partial charge in [-0.1, -0.05) is 24.3 Å². The molecular weight excluding hydrogens is 266 g/mol. The fourth-order valence-electron chi connectivity index (χ4n) is 3.16. The number of hydrogen-bond acceptors (Lipinski definition) is 4. The van der Waals surface area contributed by atoms with Gasteiger partial charge in [0.2, 0.25) is 0 Å². The van der Waals surface area contributed by atoms with Gasteiger partial charge in [-0.05, 0) is 17.5 Å². The van der Waals surface area contributed by atoms with E-state index in [4.69, 9.17) is 5.11 Å². The van der Waals surface area contributed by atoms with Crippen molar-refractivity contribution in [2.24, 2.45) is 5.92 Å². The Labute approximate surface area is 125 Å². The first-order chi connectivity index (χ1) is 10.2. The Morgan fingerprint density at radius 3 is 2.57 bits per heavy atom. The molecule has 2 saturated heterocycles. The predicted octanol–water partition coefficient (Wildman–Crippen LogP) is 0.827. The average Bonchev–Trinajstić information content (AvgIpc) is 2.99. The van der Waals surface area contributed by atoms with Gasteiger partial charge in [-0.25, -0.2) is 0 Å². The van der Waals surface area contributed by atoms with Crippen molar-refractivity contribution in [2.45, 2.75) is 19.0 Å². The van der Waals surface area contributed by atoms with Gasteiger partial charge < -0.3 is 15.7 Å². The fraction of sp³-hybridized carbons (Fsp3) is 0.562. The van der Waals surface area contributed by atoms with E-state index in [9.17, 15) is 4.79 Å². The molecule has 2 atom stereocenters. The number of piperazine rings is 1. The number of nitrogens with one attached hydrogen (secondary N) is 2. The minimum Gasteiger partial charge on any atom is -0.481 e. The highest BCUT2D eigenvalue weighted by molar-refractivity contribution is 5.70. The molecule has 5 nitrogen and oxygen atoms in total. The Kier molecular flexibility index (Phi) is 4.53. The quantitative estimate of drug-likeness (QED) is 0.766. The molecule has 0 radical (unpaired) electrons. The van der Waals surface area contributed by atoms with E-state index in [-0.39, 0.29) is 12.0 Å². The van der Waals surface area contributed by atoms with Crippen LogP contribution in [-0.2, 0) is 11.3 Å². The van der Waals surface area contributed by atoms with Crippen molar-refractivity contribution >= 4 is 5.97 Å². The van der Waals surface area contributed by atoms with E-state index in [2.05, 4.69) is 39.8 Å². The summed E-state index contributed by atoms with van der Waals surface area (Å²) < 4.78 is 0. The number of carboxylic acid groups (broad SMARTS) is 1. The molecule has 0 bridgehead atoms. The summed E-state index contributed by atoms with van der Waals surface area (Å²) in [6.07, 6.45) is 0.687. The summed E-state index contributed by atoms with van der Waals surface area (Å²) in [4.78, 5) is 13.5. The fourth-order valence-corrected chi connectivity index (χ4v) is 3.16. The van der Waals surface area contributed by atoms with Crippen molar-refractivity contribution in [3.63, 3.8) is 0 Å². The molecule has 1 aromatic carbocycles. The molecule has 5 heteroatoms. The smallest absolute Gasteiger partial charge is 0.307 e. The molecule has 1 aromatic rings. The van der Waals surface area contributed by atoms with E-state index < -0.39 is 5.97 Å². The van der Waals surface area contributed by atoms with E-state index in [0.717, 1.165) is 32.7 Å². The lowest BCUT2D eigenvalue weighted by Gasteiger charge is -2.27. The van der Waals surface area contributed by atoms with Gasteiger partial charge in [0.15, 0.2) is 0 Å². The Morgan fingerprint density at radius 1 is 1.24 bits per heavy atom. The Morgan fingerprint density at radius 2 is 1.95 bits per heavy atom. The standard InChI is InChI=1S/C16H23N3O2/c20-16(21)14-9-15(18-10-14)13-3-1-12(2-4-13)11-19-7-5-17-6-8-19/h1-4,14-15,17-18H,5-11H2,(H,20,21). The zero-order valence-corrected chi connectivity index (χ0v) is 12.2. The van der Waals surface area contributed by atoms with Crippen LogP contribution in [0.25, 0.3) is 0 Å². The maximum atomic E-state index is 11.0. The maximum absolute atomic E-state index is 11.0. The van der Waals surface area contributed by atoms with Crippen LogP contribution in [0.3, 0.4) is 0 Å². The van der Waals surface area contributed by atoms with Gasteiger partial charge in [0.1, 0.15) is 0 Å². The van der Waals surface area contributed by atoms with Gasteiger partial charge in [0.05, 0.1) is 5.92 Å². The largest absolute Gasteiger partial charge is 0.481 e. The highest BCUT2D eigenvalue weighted by Gasteiger charge is 2.29. The zero-order valence-electron chi connectivity index (χ0n) is 12.2. The lowest BCUT2D eigenvalue weighted by Crippen LogP contribution is -2.42. The topological polar surface area (TPSA) is 64.6 Å². The van der Waals surface area contributed by atoms with Crippen molar-refractivity contribution in [3.8, 4) is 0 Å². The summed E-state index contributed by atoms with van der Waals surface area (Å²) in [6, 6.07) is 8.80. The van der Waals surface area contributed by atoms with E-state index >= 15 is 0 Å². The number of carbonyl (C=O) groups is 1. The van der Waals surface area contributed by atoms with Crippen LogP contribution in [0.5, 0.6) is 0 Å². The molecule has 21 heavy (non-hydrogen) atoms. The van der Waals surface area contributed by atoms with Gasteiger partial charge in [0, 0.05) is 45.3 Å². The Balaban J connectivity index is 1.58. The molecule has 3 rings (SSSR count). The van der Waals surface area contributed by atoms with Crippen molar-refractivity contribution in [3.05, 3.63) is 35.4 Å². The van der Waals surface area contributed by atoms with E-state index in [1.54, 1.807) is 0 Å².